The van der Waals surface area contributed by atoms with Gasteiger partial charge in [-0.1, -0.05) is 11.8 Å². The van der Waals surface area contributed by atoms with Crippen LogP contribution in [0.3, 0.4) is 0 Å². The second-order valence-corrected chi connectivity index (χ2v) is 6.57. The van der Waals surface area contributed by atoms with Crippen LogP contribution in [0.5, 0.6) is 0 Å². The van der Waals surface area contributed by atoms with Gasteiger partial charge in [0.15, 0.2) is 0 Å². The average molecular weight is 299 g/mol. The zero-order valence-corrected chi connectivity index (χ0v) is 12.4. The number of hydrogen-bond acceptors (Lipinski definition) is 3. The Morgan fingerprint density at radius 1 is 1.35 bits per heavy atom. The zero-order valence-electron chi connectivity index (χ0n) is 11.6. The summed E-state index contributed by atoms with van der Waals surface area (Å²) < 4.78 is 41.9. The maximum atomic E-state index is 13.7. The van der Waals surface area contributed by atoms with Crippen molar-refractivity contribution >= 4 is 15.9 Å². The molecular formula is C13H18FN3O2S. The lowest BCUT2D eigenvalue weighted by molar-refractivity contribution is 0.494. The van der Waals surface area contributed by atoms with Crippen LogP contribution in [0.4, 0.5) is 10.1 Å². The van der Waals surface area contributed by atoms with Crippen LogP contribution in [0, 0.1) is 17.7 Å². The van der Waals surface area contributed by atoms with Crippen LogP contribution in [-0.4, -0.2) is 20.5 Å². The minimum Gasteiger partial charge on any atom is -0.320 e. The highest BCUT2D eigenvalue weighted by atomic mass is 32.2. The van der Waals surface area contributed by atoms with Crippen LogP contribution in [-0.2, 0) is 10.2 Å². The van der Waals surface area contributed by atoms with Crippen LogP contribution in [0.25, 0.3) is 0 Å². The van der Waals surface area contributed by atoms with Crippen LogP contribution >= 0.6 is 0 Å². The molecule has 0 spiro atoms. The standard InChI is InChI=1S/C13H18FN3O2S/c1-13(2,3)17-20(18,19)16-11-7-6-10(5-4-8-15)12(14)9-11/h6-7,9,16-17H,8,15H2,1-3H3. The monoisotopic (exact) mass is 299 g/mol. The van der Waals surface area contributed by atoms with Crippen molar-refractivity contribution in [3.05, 3.63) is 29.6 Å². The van der Waals surface area contributed by atoms with Crippen molar-refractivity contribution in [1.29, 1.82) is 0 Å². The van der Waals surface area contributed by atoms with Crippen LogP contribution in [0.1, 0.15) is 26.3 Å². The van der Waals surface area contributed by atoms with Crippen molar-refractivity contribution in [3.63, 3.8) is 0 Å². The fraction of sp³-hybridized carbons (Fsp3) is 0.385. The van der Waals surface area contributed by atoms with E-state index in [1.165, 1.54) is 12.1 Å². The molecular weight excluding hydrogens is 281 g/mol. The maximum Gasteiger partial charge on any atom is 0.299 e. The summed E-state index contributed by atoms with van der Waals surface area (Å²) >= 11 is 0. The Bertz CT molecular complexity index is 640. The minimum atomic E-state index is -3.76. The summed E-state index contributed by atoms with van der Waals surface area (Å²) in [6.45, 7) is 5.25. The van der Waals surface area contributed by atoms with Crippen LogP contribution < -0.4 is 15.2 Å². The first-order chi connectivity index (χ1) is 9.13. The number of benzene rings is 1. The number of anilines is 1. The first kappa shape index (κ1) is 16.4. The van der Waals surface area contributed by atoms with Crippen molar-refractivity contribution in [3.8, 4) is 11.8 Å². The molecule has 1 aromatic rings. The van der Waals surface area contributed by atoms with E-state index in [2.05, 4.69) is 21.3 Å². The fourth-order valence-corrected chi connectivity index (χ4v) is 2.70. The molecule has 0 atom stereocenters. The lowest BCUT2D eigenvalue weighted by atomic mass is 10.1. The topological polar surface area (TPSA) is 84.2 Å². The molecule has 20 heavy (non-hydrogen) atoms. The van der Waals surface area contributed by atoms with Gasteiger partial charge < -0.3 is 5.73 Å². The minimum absolute atomic E-state index is 0.123. The van der Waals surface area contributed by atoms with E-state index < -0.39 is 21.6 Å². The average Bonchev–Trinajstić information content (AvgIpc) is 2.23. The molecule has 0 radical (unpaired) electrons. The third kappa shape index (κ3) is 5.57. The van der Waals surface area contributed by atoms with Gasteiger partial charge in [0, 0.05) is 5.54 Å². The molecule has 0 unspecified atom stereocenters. The Labute approximate surface area is 118 Å². The summed E-state index contributed by atoms with van der Waals surface area (Å²) in [5.41, 5.74) is 4.87. The third-order valence-corrected chi connectivity index (χ3v) is 3.37. The van der Waals surface area contributed by atoms with Gasteiger partial charge in [-0.3, -0.25) is 4.72 Å². The first-order valence-electron chi connectivity index (χ1n) is 5.93. The van der Waals surface area contributed by atoms with E-state index in [1.54, 1.807) is 20.8 Å². The summed E-state index contributed by atoms with van der Waals surface area (Å²) in [5.74, 6) is 4.48. The second kappa shape index (κ2) is 6.22. The van der Waals surface area contributed by atoms with E-state index in [0.717, 1.165) is 6.07 Å². The van der Waals surface area contributed by atoms with E-state index in [1.807, 2.05) is 0 Å². The van der Waals surface area contributed by atoms with Crippen molar-refractivity contribution in [1.82, 2.24) is 4.72 Å². The second-order valence-electron chi connectivity index (χ2n) is 5.16. The van der Waals surface area contributed by atoms with Gasteiger partial charge in [-0.15, -0.1) is 0 Å². The summed E-state index contributed by atoms with van der Waals surface area (Å²) in [4.78, 5) is 0. The van der Waals surface area contributed by atoms with Gasteiger partial charge in [-0.25, -0.2) is 4.39 Å². The number of rotatable bonds is 3. The zero-order chi connectivity index (χ0) is 15.4. The molecule has 0 saturated heterocycles. The van der Waals surface area contributed by atoms with Gasteiger partial charge in [-0.05, 0) is 39.0 Å². The molecule has 5 nitrogen and oxygen atoms in total. The Morgan fingerprint density at radius 2 is 2.00 bits per heavy atom. The fourth-order valence-electron chi connectivity index (χ4n) is 1.41. The normalized spacial score (nSPS) is 11.7. The SMILES string of the molecule is CC(C)(C)NS(=O)(=O)Nc1ccc(C#CCN)c(F)c1. The number of nitrogens with two attached hydrogens (primary N) is 1. The lowest BCUT2D eigenvalue weighted by Gasteiger charge is -2.20. The molecule has 1 rings (SSSR count). The molecule has 0 saturated carbocycles. The number of hydrogen-bond donors (Lipinski definition) is 3. The highest BCUT2D eigenvalue weighted by molar-refractivity contribution is 7.90. The van der Waals surface area contributed by atoms with Crippen molar-refractivity contribution in [2.24, 2.45) is 5.73 Å². The molecule has 0 aromatic heterocycles. The van der Waals surface area contributed by atoms with Crippen LogP contribution in [0.15, 0.2) is 18.2 Å². The van der Waals surface area contributed by atoms with Gasteiger partial charge in [0.05, 0.1) is 17.8 Å². The molecule has 0 aliphatic carbocycles. The Balaban J connectivity index is 2.92. The predicted octanol–water partition coefficient (Wildman–Crippen LogP) is 1.18. The Kier molecular flexibility index (Phi) is 5.11. The molecule has 0 aliphatic heterocycles. The molecule has 0 bridgehead atoms. The molecule has 0 heterocycles. The largest absolute Gasteiger partial charge is 0.320 e. The van der Waals surface area contributed by atoms with Crippen molar-refractivity contribution in [2.75, 3.05) is 11.3 Å². The summed E-state index contributed by atoms with van der Waals surface area (Å²) in [5, 5.41) is 0. The summed E-state index contributed by atoms with van der Waals surface area (Å²) in [6, 6.07) is 3.90. The summed E-state index contributed by atoms with van der Waals surface area (Å²) in [7, 11) is -3.76. The maximum absolute atomic E-state index is 13.7. The Hall–Kier alpha value is -1.62. The van der Waals surface area contributed by atoms with E-state index >= 15 is 0 Å². The predicted molar refractivity (Wildman–Crippen MR) is 77.8 cm³/mol. The van der Waals surface area contributed by atoms with E-state index in [0.29, 0.717) is 0 Å². The molecule has 110 valence electrons. The van der Waals surface area contributed by atoms with Gasteiger partial charge in [0.2, 0.25) is 0 Å². The Morgan fingerprint density at radius 3 is 2.50 bits per heavy atom. The highest BCUT2D eigenvalue weighted by Crippen LogP contribution is 2.15. The lowest BCUT2D eigenvalue weighted by Crippen LogP contribution is -2.43. The van der Waals surface area contributed by atoms with Gasteiger partial charge in [0.1, 0.15) is 5.82 Å². The van der Waals surface area contributed by atoms with E-state index in [-0.39, 0.29) is 17.8 Å². The smallest absolute Gasteiger partial charge is 0.299 e. The molecule has 0 amide bonds. The van der Waals surface area contributed by atoms with Crippen LogP contribution in [0.2, 0.25) is 0 Å². The molecule has 0 aliphatic rings. The molecule has 7 heteroatoms. The van der Waals surface area contributed by atoms with Gasteiger partial charge in [-0.2, -0.15) is 13.1 Å². The van der Waals surface area contributed by atoms with E-state index in [9.17, 15) is 12.8 Å². The highest BCUT2D eigenvalue weighted by Gasteiger charge is 2.19. The summed E-state index contributed by atoms with van der Waals surface area (Å²) in [6.07, 6.45) is 0. The van der Waals surface area contributed by atoms with Crippen molar-refractivity contribution in [2.45, 2.75) is 26.3 Å². The first-order valence-corrected chi connectivity index (χ1v) is 7.41. The van der Waals surface area contributed by atoms with Crippen molar-refractivity contribution < 1.29 is 12.8 Å². The van der Waals surface area contributed by atoms with Gasteiger partial charge in [0.25, 0.3) is 10.2 Å². The molecule has 1 aromatic carbocycles. The quantitative estimate of drug-likeness (QED) is 0.733. The third-order valence-electron chi connectivity index (χ3n) is 1.99. The number of nitrogens with one attached hydrogen (secondary N) is 2. The van der Waals surface area contributed by atoms with Gasteiger partial charge >= 0.3 is 0 Å². The molecule has 4 N–H and O–H groups in total. The van der Waals surface area contributed by atoms with E-state index in [4.69, 9.17) is 5.73 Å². The molecule has 0 fully saturated rings. The number of halogens is 1.